The Labute approximate surface area is 115 Å². The Morgan fingerprint density at radius 2 is 1.94 bits per heavy atom. The number of carbonyl (C=O) groups excluding carboxylic acids is 1. The first-order chi connectivity index (χ1) is 8.50. The fourth-order valence-corrected chi connectivity index (χ4v) is 3.14. The van der Waals surface area contributed by atoms with Crippen molar-refractivity contribution in [3.05, 3.63) is 34.1 Å². The maximum atomic E-state index is 13.1. The van der Waals surface area contributed by atoms with Crippen LogP contribution in [-0.2, 0) is 0 Å². The molecule has 1 heterocycles. The van der Waals surface area contributed by atoms with Gasteiger partial charge in [-0.25, -0.2) is 4.39 Å². The quantitative estimate of drug-likeness (QED) is 0.767. The van der Waals surface area contributed by atoms with Crippen LogP contribution in [0.3, 0.4) is 0 Å². The third-order valence-corrected chi connectivity index (χ3v) is 4.25. The molecule has 2 atom stereocenters. The molecule has 1 fully saturated rings. The number of rotatable bonds is 1. The van der Waals surface area contributed by atoms with E-state index in [9.17, 15) is 9.18 Å². The van der Waals surface area contributed by atoms with E-state index in [-0.39, 0.29) is 23.8 Å². The Morgan fingerprint density at radius 1 is 1.33 bits per heavy atom. The SMILES string of the molecule is CC1CCCC(C)N1C(=O)c1ccc(F)cc1Br. The van der Waals surface area contributed by atoms with Crippen molar-refractivity contribution >= 4 is 21.8 Å². The van der Waals surface area contributed by atoms with Crippen LogP contribution in [0.25, 0.3) is 0 Å². The van der Waals surface area contributed by atoms with Crippen molar-refractivity contribution < 1.29 is 9.18 Å². The Bertz CT molecular complexity index is 453. The zero-order valence-electron chi connectivity index (χ0n) is 10.6. The van der Waals surface area contributed by atoms with Gasteiger partial charge in [-0.05, 0) is 67.2 Å². The zero-order valence-corrected chi connectivity index (χ0v) is 12.2. The predicted molar refractivity (Wildman–Crippen MR) is 73.0 cm³/mol. The predicted octanol–water partition coefficient (Wildman–Crippen LogP) is 3.99. The number of benzene rings is 1. The summed E-state index contributed by atoms with van der Waals surface area (Å²) in [5.74, 6) is -0.347. The molecule has 2 nitrogen and oxygen atoms in total. The van der Waals surface area contributed by atoms with E-state index in [1.54, 1.807) is 6.07 Å². The van der Waals surface area contributed by atoms with E-state index in [4.69, 9.17) is 0 Å². The van der Waals surface area contributed by atoms with Crippen LogP contribution in [0.1, 0.15) is 43.5 Å². The third kappa shape index (κ3) is 2.58. The molecule has 2 unspecified atom stereocenters. The number of hydrogen-bond acceptors (Lipinski definition) is 1. The molecule has 0 bridgehead atoms. The van der Waals surface area contributed by atoms with Crippen LogP contribution in [0.5, 0.6) is 0 Å². The smallest absolute Gasteiger partial charge is 0.255 e. The van der Waals surface area contributed by atoms with Gasteiger partial charge < -0.3 is 4.90 Å². The minimum atomic E-state index is -0.335. The van der Waals surface area contributed by atoms with Crippen molar-refractivity contribution in [1.29, 1.82) is 0 Å². The number of nitrogens with zero attached hydrogens (tertiary/aromatic N) is 1. The molecule has 0 radical (unpaired) electrons. The van der Waals surface area contributed by atoms with Crippen molar-refractivity contribution in [2.45, 2.75) is 45.2 Å². The van der Waals surface area contributed by atoms with E-state index >= 15 is 0 Å². The maximum absolute atomic E-state index is 13.1. The molecule has 1 saturated heterocycles. The summed E-state index contributed by atoms with van der Waals surface area (Å²) in [7, 11) is 0. The van der Waals surface area contributed by atoms with Gasteiger partial charge in [-0.3, -0.25) is 4.79 Å². The molecule has 1 amide bonds. The molecule has 0 saturated carbocycles. The van der Waals surface area contributed by atoms with Crippen molar-refractivity contribution in [3.8, 4) is 0 Å². The Balaban J connectivity index is 2.29. The van der Waals surface area contributed by atoms with Crippen LogP contribution in [0.2, 0.25) is 0 Å². The van der Waals surface area contributed by atoms with E-state index in [0.717, 1.165) is 19.3 Å². The number of halogens is 2. The van der Waals surface area contributed by atoms with Gasteiger partial charge in [-0.1, -0.05) is 0 Å². The van der Waals surface area contributed by atoms with Crippen molar-refractivity contribution in [1.82, 2.24) is 4.90 Å². The lowest BCUT2D eigenvalue weighted by Crippen LogP contribution is -2.47. The minimum Gasteiger partial charge on any atom is -0.333 e. The first-order valence-corrected chi connectivity index (χ1v) is 7.07. The van der Waals surface area contributed by atoms with Gasteiger partial charge in [-0.15, -0.1) is 0 Å². The normalized spacial score (nSPS) is 24.1. The fourth-order valence-electron chi connectivity index (χ4n) is 2.62. The van der Waals surface area contributed by atoms with Gasteiger partial charge in [0.2, 0.25) is 0 Å². The number of amides is 1. The molecule has 0 aromatic heterocycles. The minimum absolute atomic E-state index is 0.0124. The van der Waals surface area contributed by atoms with E-state index in [1.165, 1.54) is 12.1 Å². The lowest BCUT2D eigenvalue weighted by molar-refractivity contribution is 0.0510. The Kier molecular flexibility index (Phi) is 4.05. The molecule has 98 valence electrons. The first kappa shape index (κ1) is 13.5. The van der Waals surface area contributed by atoms with Crippen molar-refractivity contribution in [3.63, 3.8) is 0 Å². The number of likely N-dealkylation sites (tertiary alicyclic amines) is 1. The van der Waals surface area contributed by atoms with Crippen LogP contribution in [0, 0.1) is 5.82 Å². The third-order valence-electron chi connectivity index (χ3n) is 3.59. The highest BCUT2D eigenvalue weighted by Gasteiger charge is 2.30. The molecular weight excluding hydrogens is 297 g/mol. The molecule has 1 aromatic rings. The number of hydrogen-bond donors (Lipinski definition) is 0. The second-order valence-electron chi connectivity index (χ2n) is 4.97. The average Bonchev–Trinajstić information content (AvgIpc) is 2.28. The molecule has 0 spiro atoms. The summed E-state index contributed by atoms with van der Waals surface area (Å²) in [6.45, 7) is 4.15. The fraction of sp³-hybridized carbons (Fsp3) is 0.500. The lowest BCUT2D eigenvalue weighted by Gasteiger charge is -2.39. The second kappa shape index (κ2) is 5.39. The van der Waals surface area contributed by atoms with Gasteiger partial charge in [-0.2, -0.15) is 0 Å². The molecule has 1 aliphatic rings. The van der Waals surface area contributed by atoms with Crippen LogP contribution in [0.4, 0.5) is 4.39 Å². The van der Waals surface area contributed by atoms with E-state index in [2.05, 4.69) is 29.8 Å². The van der Waals surface area contributed by atoms with Crippen molar-refractivity contribution in [2.24, 2.45) is 0 Å². The van der Waals surface area contributed by atoms with Crippen LogP contribution < -0.4 is 0 Å². The first-order valence-electron chi connectivity index (χ1n) is 6.28. The van der Waals surface area contributed by atoms with E-state index in [0.29, 0.717) is 10.0 Å². The Morgan fingerprint density at radius 3 is 2.50 bits per heavy atom. The summed E-state index contributed by atoms with van der Waals surface area (Å²) < 4.78 is 13.6. The highest BCUT2D eigenvalue weighted by molar-refractivity contribution is 9.10. The number of piperidine rings is 1. The summed E-state index contributed by atoms with van der Waals surface area (Å²) in [6.07, 6.45) is 3.24. The molecule has 1 aromatic carbocycles. The van der Waals surface area contributed by atoms with E-state index < -0.39 is 0 Å². The highest BCUT2D eigenvalue weighted by Crippen LogP contribution is 2.27. The molecule has 4 heteroatoms. The maximum Gasteiger partial charge on any atom is 0.255 e. The van der Waals surface area contributed by atoms with Gasteiger partial charge in [0.1, 0.15) is 5.82 Å². The molecule has 1 aliphatic heterocycles. The topological polar surface area (TPSA) is 20.3 Å². The largest absolute Gasteiger partial charge is 0.333 e. The van der Waals surface area contributed by atoms with Gasteiger partial charge in [0.05, 0.1) is 5.56 Å². The van der Waals surface area contributed by atoms with Gasteiger partial charge in [0, 0.05) is 16.6 Å². The van der Waals surface area contributed by atoms with Gasteiger partial charge >= 0.3 is 0 Å². The molecule has 2 rings (SSSR count). The monoisotopic (exact) mass is 313 g/mol. The van der Waals surface area contributed by atoms with Gasteiger partial charge in [0.15, 0.2) is 0 Å². The van der Waals surface area contributed by atoms with E-state index in [1.807, 2.05) is 4.90 Å². The summed E-state index contributed by atoms with van der Waals surface area (Å²) in [5.41, 5.74) is 0.539. The van der Waals surface area contributed by atoms with Crippen LogP contribution >= 0.6 is 15.9 Å². The second-order valence-corrected chi connectivity index (χ2v) is 5.82. The molecule has 0 aliphatic carbocycles. The summed E-state index contributed by atoms with van der Waals surface area (Å²) >= 11 is 3.27. The highest BCUT2D eigenvalue weighted by atomic mass is 79.9. The van der Waals surface area contributed by atoms with Crippen molar-refractivity contribution in [2.75, 3.05) is 0 Å². The van der Waals surface area contributed by atoms with Crippen LogP contribution in [0.15, 0.2) is 22.7 Å². The van der Waals surface area contributed by atoms with Crippen LogP contribution in [-0.4, -0.2) is 22.9 Å². The lowest BCUT2D eigenvalue weighted by atomic mass is 9.96. The summed E-state index contributed by atoms with van der Waals surface area (Å²) in [6, 6.07) is 4.72. The number of carbonyl (C=O) groups is 1. The Hall–Kier alpha value is -0.900. The molecule has 18 heavy (non-hydrogen) atoms. The summed E-state index contributed by atoms with van der Waals surface area (Å²) in [4.78, 5) is 14.4. The molecule has 0 N–H and O–H groups in total. The zero-order chi connectivity index (χ0) is 13.3. The summed E-state index contributed by atoms with van der Waals surface area (Å²) in [5, 5.41) is 0. The average molecular weight is 314 g/mol. The molecular formula is C14H17BrFNO. The van der Waals surface area contributed by atoms with Gasteiger partial charge in [0.25, 0.3) is 5.91 Å². The standard InChI is InChI=1S/C14H17BrFNO/c1-9-4-3-5-10(2)17(9)14(18)12-7-6-11(16)8-13(12)15/h6-10H,3-5H2,1-2H3.